The van der Waals surface area contributed by atoms with Gasteiger partial charge in [-0.25, -0.2) is 4.79 Å². The topological polar surface area (TPSA) is 65.1 Å². The average Bonchev–Trinajstić information content (AvgIpc) is 2.78. The van der Waals surface area contributed by atoms with Gasteiger partial charge in [0.1, 0.15) is 0 Å². The van der Waals surface area contributed by atoms with Gasteiger partial charge in [-0.1, -0.05) is 12.1 Å². The molecule has 1 unspecified atom stereocenters. The van der Waals surface area contributed by atoms with Crippen LogP contribution in [0.4, 0.5) is 4.39 Å². The summed E-state index contributed by atoms with van der Waals surface area (Å²) >= 11 is 0. The molecular weight excluding hydrogens is 401 g/mol. The maximum atomic E-state index is 12.4. The lowest BCUT2D eigenvalue weighted by atomic mass is 10.1. The zero-order chi connectivity index (χ0) is 22.9. The molecule has 0 aliphatic rings. The lowest BCUT2D eigenvalue weighted by molar-refractivity contribution is -0.143. The Morgan fingerprint density at radius 1 is 1.00 bits per heavy atom. The van der Waals surface area contributed by atoms with Crippen LogP contribution < -0.4 is 0 Å². The van der Waals surface area contributed by atoms with Gasteiger partial charge in [0, 0.05) is 20.1 Å². The molecule has 0 radical (unpaired) electrons. The van der Waals surface area contributed by atoms with Crippen LogP contribution in [-0.2, 0) is 25.5 Å². The third-order valence-electron chi connectivity index (χ3n) is 5.19. The number of unbranched alkanes of at least 4 members (excludes halogenated alkanes) is 1. The van der Waals surface area contributed by atoms with Crippen molar-refractivity contribution in [3.05, 3.63) is 35.4 Å². The molecular formula is C24H38FNO5. The molecule has 1 rings (SSSR count). The van der Waals surface area contributed by atoms with Crippen LogP contribution in [0.3, 0.4) is 0 Å². The molecule has 0 bridgehead atoms. The Morgan fingerprint density at radius 3 is 2.29 bits per heavy atom. The molecule has 1 aromatic rings. The van der Waals surface area contributed by atoms with E-state index in [9.17, 15) is 14.0 Å². The van der Waals surface area contributed by atoms with Gasteiger partial charge in [-0.2, -0.15) is 0 Å². The summed E-state index contributed by atoms with van der Waals surface area (Å²) in [4.78, 5) is 25.5. The van der Waals surface area contributed by atoms with Gasteiger partial charge in [-0.15, -0.1) is 0 Å². The standard InChI is InChI=1S/C24H38FNO5/c1-4-31-23(27)11-5-6-17-26(18-8-10-22(29-2)9-7-16-25)19-20-12-14-21(15-13-20)24(28)30-3/h12-15,22H,4-11,16-19H2,1-3H3. The number of carbonyl (C=O) groups is 2. The maximum Gasteiger partial charge on any atom is 0.337 e. The number of benzene rings is 1. The van der Waals surface area contributed by atoms with E-state index in [4.69, 9.17) is 14.2 Å². The molecule has 0 aromatic heterocycles. The van der Waals surface area contributed by atoms with Crippen LogP contribution in [0, 0.1) is 0 Å². The first-order chi connectivity index (χ1) is 15.0. The molecule has 0 heterocycles. The highest BCUT2D eigenvalue weighted by atomic mass is 19.1. The zero-order valence-corrected chi connectivity index (χ0v) is 19.2. The third kappa shape index (κ3) is 11.8. The number of hydrogen-bond acceptors (Lipinski definition) is 6. The molecule has 0 fully saturated rings. The van der Waals surface area contributed by atoms with E-state index in [1.165, 1.54) is 7.11 Å². The summed E-state index contributed by atoms with van der Waals surface area (Å²) in [6.45, 7) is 4.41. The van der Waals surface area contributed by atoms with E-state index in [1.807, 2.05) is 19.1 Å². The van der Waals surface area contributed by atoms with Crippen molar-refractivity contribution in [2.45, 2.75) is 64.5 Å². The summed E-state index contributed by atoms with van der Waals surface area (Å²) in [5.41, 5.74) is 1.64. The van der Waals surface area contributed by atoms with E-state index in [0.29, 0.717) is 25.0 Å². The number of hydrogen-bond donors (Lipinski definition) is 0. The van der Waals surface area contributed by atoms with E-state index < -0.39 is 0 Å². The molecule has 6 nitrogen and oxygen atoms in total. The lowest BCUT2D eigenvalue weighted by Gasteiger charge is -2.24. The summed E-state index contributed by atoms with van der Waals surface area (Å²) in [6, 6.07) is 7.43. The van der Waals surface area contributed by atoms with Gasteiger partial charge in [-0.3, -0.25) is 14.1 Å². The first-order valence-electron chi connectivity index (χ1n) is 11.2. The largest absolute Gasteiger partial charge is 0.466 e. The molecule has 0 saturated carbocycles. The summed E-state index contributed by atoms with van der Waals surface area (Å²) in [6.07, 6.45) is 5.30. The van der Waals surface area contributed by atoms with Crippen LogP contribution in [0.5, 0.6) is 0 Å². The summed E-state index contributed by atoms with van der Waals surface area (Å²) < 4.78 is 27.6. The molecule has 0 aliphatic heterocycles. The molecule has 0 saturated heterocycles. The number of nitrogens with zero attached hydrogens (tertiary/aromatic N) is 1. The molecule has 1 aromatic carbocycles. The van der Waals surface area contributed by atoms with Crippen LogP contribution in [-0.4, -0.2) is 63.5 Å². The fourth-order valence-electron chi connectivity index (χ4n) is 3.46. The molecule has 7 heteroatoms. The normalized spacial score (nSPS) is 12.0. The van der Waals surface area contributed by atoms with E-state index in [1.54, 1.807) is 19.2 Å². The van der Waals surface area contributed by atoms with Gasteiger partial charge in [-0.05, 0) is 76.2 Å². The number of alkyl halides is 1. The highest BCUT2D eigenvalue weighted by Gasteiger charge is 2.12. The number of halogens is 1. The second kappa shape index (κ2) is 16.7. The molecule has 176 valence electrons. The Hall–Kier alpha value is -1.99. The predicted octanol–water partition coefficient (Wildman–Crippen LogP) is 4.55. The van der Waals surface area contributed by atoms with E-state index >= 15 is 0 Å². The summed E-state index contributed by atoms with van der Waals surface area (Å²) in [7, 11) is 3.05. The molecule has 0 N–H and O–H groups in total. The highest BCUT2D eigenvalue weighted by Crippen LogP contribution is 2.14. The second-order valence-corrected chi connectivity index (χ2v) is 7.56. The van der Waals surface area contributed by atoms with Crippen LogP contribution in [0.15, 0.2) is 24.3 Å². The Bertz CT molecular complexity index is 623. The summed E-state index contributed by atoms with van der Waals surface area (Å²) in [5.74, 6) is -0.496. The van der Waals surface area contributed by atoms with Gasteiger partial charge in [0.15, 0.2) is 0 Å². The van der Waals surface area contributed by atoms with E-state index in [0.717, 1.165) is 57.3 Å². The van der Waals surface area contributed by atoms with Crippen LogP contribution in [0.25, 0.3) is 0 Å². The molecule has 0 aliphatic carbocycles. The maximum absolute atomic E-state index is 12.4. The first-order valence-corrected chi connectivity index (χ1v) is 11.2. The van der Waals surface area contributed by atoms with Gasteiger partial charge < -0.3 is 14.2 Å². The monoisotopic (exact) mass is 439 g/mol. The number of esters is 2. The van der Waals surface area contributed by atoms with Gasteiger partial charge in [0.05, 0.1) is 32.1 Å². The van der Waals surface area contributed by atoms with Crippen molar-refractivity contribution in [2.75, 3.05) is 40.6 Å². The van der Waals surface area contributed by atoms with Crippen molar-refractivity contribution >= 4 is 11.9 Å². The van der Waals surface area contributed by atoms with E-state index in [2.05, 4.69) is 4.90 Å². The minimum atomic E-state index is -0.346. The van der Waals surface area contributed by atoms with Crippen molar-refractivity contribution in [2.24, 2.45) is 0 Å². The Kier molecular flexibility index (Phi) is 14.5. The SMILES string of the molecule is CCOC(=O)CCCCN(CCCC(CCCF)OC)Cc1ccc(C(=O)OC)cc1. The van der Waals surface area contributed by atoms with Crippen LogP contribution >= 0.6 is 0 Å². The summed E-state index contributed by atoms with van der Waals surface area (Å²) in [5, 5.41) is 0. The number of rotatable bonds is 17. The fourth-order valence-corrected chi connectivity index (χ4v) is 3.46. The van der Waals surface area contributed by atoms with Crippen LogP contribution in [0.1, 0.15) is 67.8 Å². The third-order valence-corrected chi connectivity index (χ3v) is 5.19. The predicted molar refractivity (Wildman–Crippen MR) is 119 cm³/mol. The minimum absolute atomic E-state index is 0.0840. The van der Waals surface area contributed by atoms with E-state index in [-0.39, 0.29) is 24.7 Å². The lowest BCUT2D eigenvalue weighted by Crippen LogP contribution is -2.27. The van der Waals surface area contributed by atoms with Gasteiger partial charge >= 0.3 is 11.9 Å². The highest BCUT2D eigenvalue weighted by molar-refractivity contribution is 5.89. The smallest absolute Gasteiger partial charge is 0.337 e. The Morgan fingerprint density at radius 2 is 1.68 bits per heavy atom. The van der Waals surface area contributed by atoms with Crippen molar-refractivity contribution in [1.29, 1.82) is 0 Å². The van der Waals surface area contributed by atoms with Gasteiger partial charge in [0.2, 0.25) is 0 Å². The number of ether oxygens (including phenoxy) is 3. The average molecular weight is 440 g/mol. The Labute approximate surface area is 186 Å². The minimum Gasteiger partial charge on any atom is -0.466 e. The molecule has 31 heavy (non-hydrogen) atoms. The number of carbonyl (C=O) groups excluding carboxylic acids is 2. The molecule has 0 amide bonds. The van der Waals surface area contributed by atoms with Crippen LogP contribution in [0.2, 0.25) is 0 Å². The number of methoxy groups -OCH3 is 2. The quantitative estimate of drug-likeness (QED) is 0.262. The first kappa shape index (κ1) is 27.0. The molecule has 1 atom stereocenters. The van der Waals surface area contributed by atoms with Crippen molar-refractivity contribution in [3.8, 4) is 0 Å². The van der Waals surface area contributed by atoms with Crippen molar-refractivity contribution in [3.63, 3.8) is 0 Å². The fraction of sp³-hybridized carbons (Fsp3) is 0.667. The zero-order valence-electron chi connectivity index (χ0n) is 19.2. The second-order valence-electron chi connectivity index (χ2n) is 7.56. The molecule has 0 spiro atoms. The van der Waals surface area contributed by atoms with Crippen molar-refractivity contribution in [1.82, 2.24) is 4.90 Å². The Balaban J connectivity index is 2.59. The van der Waals surface area contributed by atoms with Crippen molar-refractivity contribution < 1.29 is 28.2 Å². The van der Waals surface area contributed by atoms with Gasteiger partial charge in [0.25, 0.3) is 0 Å².